The van der Waals surface area contributed by atoms with E-state index in [4.69, 9.17) is 4.42 Å². The van der Waals surface area contributed by atoms with Gasteiger partial charge in [0, 0.05) is 31.3 Å². The molecule has 2 atom stereocenters. The molecule has 2 aromatic rings. The minimum Gasteiger partial charge on any atom is -0.463 e. The summed E-state index contributed by atoms with van der Waals surface area (Å²) in [4.78, 5) is 6.84. The van der Waals surface area contributed by atoms with Crippen LogP contribution < -0.4 is 10.2 Å². The van der Waals surface area contributed by atoms with Crippen molar-refractivity contribution in [2.24, 2.45) is 5.92 Å². The van der Waals surface area contributed by atoms with Crippen LogP contribution in [0.3, 0.4) is 0 Å². The number of fused-ring (bicyclic) bond motifs is 2. The summed E-state index contributed by atoms with van der Waals surface area (Å²) in [5.41, 5.74) is 3.00. The Hall–Kier alpha value is -1.55. The average Bonchev–Trinajstić information content (AvgIpc) is 3.02. The van der Waals surface area contributed by atoms with Gasteiger partial charge in [0.1, 0.15) is 5.52 Å². The molecule has 88 valence electrons. The van der Waals surface area contributed by atoms with Crippen LogP contribution in [-0.4, -0.2) is 30.7 Å². The molecule has 0 aromatic carbocycles. The Labute approximate surface area is 99.6 Å². The van der Waals surface area contributed by atoms with E-state index in [1.807, 2.05) is 12.3 Å². The lowest BCUT2D eigenvalue weighted by Gasteiger charge is -2.18. The van der Waals surface area contributed by atoms with Gasteiger partial charge in [0.2, 0.25) is 0 Å². The quantitative estimate of drug-likeness (QED) is 0.807. The van der Waals surface area contributed by atoms with Crippen molar-refractivity contribution >= 4 is 16.8 Å². The molecule has 4 heterocycles. The van der Waals surface area contributed by atoms with Gasteiger partial charge < -0.3 is 14.6 Å². The Kier molecular flexibility index (Phi) is 1.93. The number of anilines is 1. The number of hydrogen-bond acceptors (Lipinski definition) is 4. The van der Waals surface area contributed by atoms with Gasteiger partial charge in [0.25, 0.3) is 0 Å². The number of nitrogens with one attached hydrogen (secondary N) is 1. The van der Waals surface area contributed by atoms with E-state index in [1.54, 1.807) is 6.26 Å². The van der Waals surface area contributed by atoms with E-state index in [-0.39, 0.29) is 0 Å². The zero-order chi connectivity index (χ0) is 11.2. The molecule has 4 heteroatoms. The van der Waals surface area contributed by atoms with Gasteiger partial charge in [-0.15, -0.1) is 0 Å². The molecule has 2 aliphatic rings. The molecule has 0 spiro atoms. The summed E-state index contributed by atoms with van der Waals surface area (Å²) < 4.78 is 5.41. The van der Waals surface area contributed by atoms with Crippen molar-refractivity contribution in [3.05, 3.63) is 24.6 Å². The molecule has 0 bridgehead atoms. The Morgan fingerprint density at radius 3 is 3.35 bits per heavy atom. The van der Waals surface area contributed by atoms with Crippen LogP contribution >= 0.6 is 0 Å². The van der Waals surface area contributed by atoms with Crippen LogP contribution in [0.25, 0.3) is 11.1 Å². The topological polar surface area (TPSA) is 41.3 Å². The molecule has 1 N–H and O–H groups in total. The Balaban J connectivity index is 1.66. The zero-order valence-corrected chi connectivity index (χ0v) is 9.60. The van der Waals surface area contributed by atoms with E-state index in [0.29, 0.717) is 6.04 Å². The van der Waals surface area contributed by atoms with Crippen molar-refractivity contribution in [2.45, 2.75) is 12.5 Å². The third-order valence-corrected chi connectivity index (χ3v) is 4.02. The maximum atomic E-state index is 5.41. The van der Waals surface area contributed by atoms with Crippen molar-refractivity contribution in [1.82, 2.24) is 10.3 Å². The lowest BCUT2D eigenvalue weighted by Crippen LogP contribution is -2.30. The van der Waals surface area contributed by atoms with E-state index in [1.165, 1.54) is 18.7 Å². The fourth-order valence-electron chi connectivity index (χ4n) is 3.07. The maximum absolute atomic E-state index is 5.41. The molecule has 0 radical (unpaired) electrons. The van der Waals surface area contributed by atoms with E-state index >= 15 is 0 Å². The lowest BCUT2D eigenvalue weighted by molar-refractivity contribution is 0.556. The first-order chi connectivity index (χ1) is 8.40. The summed E-state index contributed by atoms with van der Waals surface area (Å²) in [7, 11) is 0. The summed E-state index contributed by atoms with van der Waals surface area (Å²) in [5, 5.41) is 3.56. The van der Waals surface area contributed by atoms with Crippen LogP contribution in [-0.2, 0) is 0 Å². The van der Waals surface area contributed by atoms with Crippen LogP contribution in [0, 0.1) is 5.92 Å². The third-order valence-electron chi connectivity index (χ3n) is 4.02. The predicted molar refractivity (Wildman–Crippen MR) is 66.1 cm³/mol. The number of pyridine rings is 1. The SMILES string of the molecule is c1cc2ncc(N3C[C@@H]4CCN[C@@H]4C3)cc2o1. The molecular weight excluding hydrogens is 214 g/mol. The number of furan rings is 1. The summed E-state index contributed by atoms with van der Waals surface area (Å²) >= 11 is 0. The molecule has 2 saturated heterocycles. The average molecular weight is 229 g/mol. The van der Waals surface area contributed by atoms with Gasteiger partial charge in [-0.2, -0.15) is 0 Å². The summed E-state index contributed by atoms with van der Waals surface area (Å²) in [6.07, 6.45) is 4.96. The maximum Gasteiger partial charge on any atom is 0.154 e. The second-order valence-corrected chi connectivity index (χ2v) is 5.01. The predicted octanol–water partition coefficient (Wildman–Crippen LogP) is 1.63. The van der Waals surface area contributed by atoms with Crippen LogP contribution in [0.4, 0.5) is 5.69 Å². The molecule has 4 rings (SSSR count). The van der Waals surface area contributed by atoms with Crippen molar-refractivity contribution < 1.29 is 4.42 Å². The van der Waals surface area contributed by atoms with Crippen LogP contribution in [0.15, 0.2) is 29.0 Å². The number of rotatable bonds is 1. The monoisotopic (exact) mass is 229 g/mol. The van der Waals surface area contributed by atoms with Gasteiger partial charge in [0.05, 0.1) is 18.1 Å². The Bertz CT molecular complexity index is 538. The first kappa shape index (κ1) is 9.48. The second-order valence-electron chi connectivity index (χ2n) is 5.01. The van der Waals surface area contributed by atoms with Crippen molar-refractivity contribution in [3.8, 4) is 0 Å². The Morgan fingerprint density at radius 1 is 1.41 bits per heavy atom. The molecule has 2 aromatic heterocycles. The van der Waals surface area contributed by atoms with Crippen LogP contribution in [0.2, 0.25) is 0 Å². The minimum atomic E-state index is 0.669. The highest BCUT2D eigenvalue weighted by Crippen LogP contribution is 2.30. The molecule has 0 amide bonds. The van der Waals surface area contributed by atoms with Gasteiger partial charge in [-0.3, -0.25) is 4.98 Å². The van der Waals surface area contributed by atoms with Crippen molar-refractivity contribution in [2.75, 3.05) is 24.5 Å². The van der Waals surface area contributed by atoms with E-state index in [9.17, 15) is 0 Å². The molecule has 2 aliphatic heterocycles. The minimum absolute atomic E-state index is 0.669. The highest BCUT2D eigenvalue weighted by Gasteiger charge is 2.36. The van der Waals surface area contributed by atoms with Gasteiger partial charge in [-0.1, -0.05) is 0 Å². The highest BCUT2D eigenvalue weighted by molar-refractivity contribution is 5.76. The standard InChI is InChI=1S/C13H15N3O/c1-3-14-12-8-16(7-9(1)12)10-5-13-11(15-6-10)2-4-17-13/h2,4-6,9,12,14H,1,3,7-8H2/t9-,12+/m0/s1. The molecule has 4 nitrogen and oxygen atoms in total. The fraction of sp³-hybridized carbons (Fsp3) is 0.462. The normalized spacial score (nSPS) is 27.9. The van der Waals surface area contributed by atoms with Crippen LogP contribution in [0.5, 0.6) is 0 Å². The van der Waals surface area contributed by atoms with Crippen molar-refractivity contribution in [3.63, 3.8) is 0 Å². The van der Waals surface area contributed by atoms with Gasteiger partial charge >= 0.3 is 0 Å². The first-order valence-electron chi connectivity index (χ1n) is 6.22. The van der Waals surface area contributed by atoms with Gasteiger partial charge in [0.15, 0.2) is 5.58 Å². The number of aromatic nitrogens is 1. The zero-order valence-electron chi connectivity index (χ0n) is 9.60. The van der Waals surface area contributed by atoms with Gasteiger partial charge in [-0.25, -0.2) is 0 Å². The summed E-state index contributed by atoms with van der Waals surface area (Å²) in [6, 6.07) is 4.67. The van der Waals surface area contributed by atoms with Crippen LogP contribution in [0.1, 0.15) is 6.42 Å². The molecular formula is C13H15N3O. The summed E-state index contributed by atoms with van der Waals surface area (Å²) in [5.74, 6) is 0.808. The van der Waals surface area contributed by atoms with Crippen molar-refractivity contribution in [1.29, 1.82) is 0 Å². The van der Waals surface area contributed by atoms with E-state index in [0.717, 1.165) is 30.1 Å². The van der Waals surface area contributed by atoms with E-state index < -0.39 is 0 Å². The largest absolute Gasteiger partial charge is 0.463 e. The third kappa shape index (κ3) is 1.44. The molecule has 2 fully saturated rings. The molecule has 0 aliphatic carbocycles. The first-order valence-corrected chi connectivity index (χ1v) is 6.22. The van der Waals surface area contributed by atoms with Gasteiger partial charge in [-0.05, 0) is 18.9 Å². The Morgan fingerprint density at radius 2 is 2.41 bits per heavy atom. The molecule has 17 heavy (non-hydrogen) atoms. The van der Waals surface area contributed by atoms with E-state index in [2.05, 4.69) is 21.3 Å². The fourth-order valence-corrected chi connectivity index (χ4v) is 3.07. The number of nitrogens with zero attached hydrogens (tertiary/aromatic N) is 2. The second kappa shape index (κ2) is 3.47. The summed E-state index contributed by atoms with van der Waals surface area (Å²) in [6.45, 7) is 3.42. The lowest BCUT2D eigenvalue weighted by atomic mass is 10.1. The smallest absolute Gasteiger partial charge is 0.154 e. The number of hydrogen-bond donors (Lipinski definition) is 1. The molecule has 0 unspecified atom stereocenters. The highest BCUT2D eigenvalue weighted by atomic mass is 16.3. The molecule has 0 saturated carbocycles.